The Morgan fingerprint density at radius 1 is 1.38 bits per heavy atom. The van der Waals surface area contributed by atoms with Crippen molar-refractivity contribution >= 4 is 10.0 Å². The van der Waals surface area contributed by atoms with Crippen molar-refractivity contribution in [2.45, 2.75) is 37.7 Å². The van der Waals surface area contributed by atoms with Crippen molar-refractivity contribution < 1.29 is 13.5 Å². The Morgan fingerprint density at radius 3 is 2.31 bits per heavy atom. The minimum atomic E-state index is -3.23. The molecule has 0 spiro atoms. The third-order valence-electron chi connectivity index (χ3n) is 3.13. The van der Waals surface area contributed by atoms with E-state index in [0.29, 0.717) is 13.0 Å². The zero-order valence-electron chi connectivity index (χ0n) is 10.4. The van der Waals surface area contributed by atoms with Crippen molar-refractivity contribution in [3.8, 4) is 0 Å². The number of likely N-dealkylation sites (N-methyl/N-ethyl adjacent to an activating group) is 1. The van der Waals surface area contributed by atoms with Gasteiger partial charge in [-0.25, -0.2) is 8.42 Å². The van der Waals surface area contributed by atoms with Crippen LogP contribution in [-0.4, -0.2) is 67.3 Å². The fourth-order valence-corrected chi connectivity index (χ4v) is 3.34. The zero-order chi connectivity index (χ0) is 12.5. The summed E-state index contributed by atoms with van der Waals surface area (Å²) in [6, 6.07) is 0.0543. The summed E-state index contributed by atoms with van der Waals surface area (Å²) in [5.41, 5.74) is 0. The van der Waals surface area contributed by atoms with Crippen LogP contribution in [0.25, 0.3) is 0 Å². The van der Waals surface area contributed by atoms with Gasteiger partial charge >= 0.3 is 0 Å². The van der Waals surface area contributed by atoms with Gasteiger partial charge in [-0.2, -0.15) is 4.31 Å². The van der Waals surface area contributed by atoms with Crippen molar-refractivity contribution in [3.63, 3.8) is 0 Å². The van der Waals surface area contributed by atoms with Gasteiger partial charge in [0.15, 0.2) is 0 Å². The standard InChI is InChI=1S/C10H22N2O3S/c1-8(2)16(14,15)12-6-5-9(11(3)4)10(13)7-12/h8-10,13H,5-7H2,1-4H3/t9-,10-/m0/s1. The molecule has 0 unspecified atom stereocenters. The average molecular weight is 250 g/mol. The molecule has 1 aliphatic heterocycles. The van der Waals surface area contributed by atoms with E-state index < -0.39 is 21.4 Å². The highest BCUT2D eigenvalue weighted by molar-refractivity contribution is 7.89. The Bertz CT molecular complexity index is 327. The molecule has 1 N–H and O–H groups in total. The molecule has 5 nitrogen and oxygen atoms in total. The fraction of sp³-hybridized carbons (Fsp3) is 1.00. The van der Waals surface area contributed by atoms with Crippen LogP contribution in [0.5, 0.6) is 0 Å². The molecule has 96 valence electrons. The first-order valence-corrected chi connectivity index (χ1v) is 7.10. The first-order valence-electron chi connectivity index (χ1n) is 5.60. The van der Waals surface area contributed by atoms with E-state index in [1.54, 1.807) is 13.8 Å². The first kappa shape index (κ1) is 13.9. The molecule has 16 heavy (non-hydrogen) atoms. The minimum absolute atomic E-state index is 0.0543. The molecule has 0 aromatic rings. The van der Waals surface area contributed by atoms with Crippen molar-refractivity contribution in [1.29, 1.82) is 0 Å². The average Bonchev–Trinajstić information content (AvgIpc) is 2.16. The van der Waals surface area contributed by atoms with Gasteiger partial charge in [0.25, 0.3) is 0 Å². The van der Waals surface area contributed by atoms with Gasteiger partial charge < -0.3 is 10.0 Å². The zero-order valence-corrected chi connectivity index (χ0v) is 11.2. The molecule has 1 rings (SSSR count). The maximum Gasteiger partial charge on any atom is 0.216 e. The molecule has 0 amide bonds. The molecule has 1 aliphatic rings. The molecule has 1 fully saturated rings. The van der Waals surface area contributed by atoms with Crippen LogP contribution < -0.4 is 0 Å². The molecule has 0 saturated carbocycles. The summed E-state index contributed by atoms with van der Waals surface area (Å²) in [5.74, 6) is 0. The summed E-state index contributed by atoms with van der Waals surface area (Å²) < 4.78 is 25.2. The molecule has 0 aromatic heterocycles. The summed E-state index contributed by atoms with van der Waals surface area (Å²) in [6.07, 6.45) is 0.0809. The van der Waals surface area contributed by atoms with Crippen molar-refractivity contribution in [2.24, 2.45) is 0 Å². The SMILES string of the molecule is CC(C)S(=O)(=O)N1CC[C@H](N(C)C)[C@@H](O)C1. The van der Waals surface area contributed by atoms with Gasteiger partial charge in [-0.15, -0.1) is 0 Å². The molecule has 1 saturated heterocycles. The van der Waals surface area contributed by atoms with Gasteiger partial charge in [-0.1, -0.05) is 0 Å². The predicted octanol–water partition coefficient (Wildman–Crippen LogP) is -0.279. The molecule has 0 bridgehead atoms. The van der Waals surface area contributed by atoms with Crippen molar-refractivity contribution in [2.75, 3.05) is 27.2 Å². The number of nitrogens with zero attached hydrogens (tertiary/aromatic N) is 2. The van der Waals surface area contributed by atoms with E-state index in [1.165, 1.54) is 4.31 Å². The van der Waals surface area contributed by atoms with Crippen LogP contribution in [-0.2, 0) is 10.0 Å². The van der Waals surface area contributed by atoms with Gasteiger partial charge in [0.2, 0.25) is 10.0 Å². The summed E-state index contributed by atoms with van der Waals surface area (Å²) in [4.78, 5) is 1.95. The van der Waals surface area contributed by atoms with E-state index in [-0.39, 0.29) is 12.6 Å². The number of aliphatic hydroxyl groups excluding tert-OH is 1. The van der Waals surface area contributed by atoms with E-state index in [4.69, 9.17) is 0 Å². The van der Waals surface area contributed by atoms with Crippen molar-refractivity contribution in [3.05, 3.63) is 0 Å². The lowest BCUT2D eigenvalue weighted by molar-refractivity contribution is 0.0290. The van der Waals surface area contributed by atoms with Crippen LogP contribution in [0.3, 0.4) is 0 Å². The normalized spacial score (nSPS) is 28.9. The minimum Gasteiger partial charge on any atom is -0.390 e. The lowest BCUT2D eigenvalue weighted by Crippen LogP contribution is -2.54. The Balaban J connectivity index is 2.72. The highest BCUT2D eigenvalue weighted by atomic mass is 32.2. The number of piperidine rings is 1. The van der Waals surface area contributed by atoms with Gasteiger partial charge in [0.1, 0.15) is 0 Å². The highest BCUT2D eigenvalue weighted by Crippen LogP contribution is 2.19. The highest BCUT2D eigenvalue weighted by Gasteiger charge is 2.35. The summed E-state index contributed by atoms with van der Waals surface area (Å²) in [5, 5.41) is 9.49. The topological polar surface area (TPSA) is 60.9 Å². The second-order valence-electron chi connectivity index (χ2n) is 4.84. The number of hydrogen-bond acceptors (Lipinski definition) is 4. The maximum atomic E-state index is 11.9. The van der Waals surface area contributed by atoms with E-state index in [0.717, 1.165) is 0 Å². The molecule has 0 aromatic carbocycles. The first-order chi connectivity index (χ1) is 7.26. The molecule has 6 heteroatoms. The Labute approximate surface area is 98.1 Å². The fourth-order valence-electron chi connectivity index (χ4n) is 2.02. The number of β-amino-alcohol motifs (C(OH)–C–C–N with tert-alkyl or cyclic N) is 1. The Hall–Kier alpha value is -0.170. The van der Waals surface area contributed by atoms with Gasteiger partial charge in [0.05, 0.1) is 11.4 Å². The van der Waals surface area contributed by atoms with E-state index >= 15 is 0 Å². The van der Waals surface area contributed by atoms with E-state index in [2.05, 4.69) is 0 Å². The predicted molar refractivity (Wildman–Crippen MR) is 63.7 cm³/mol. The molecular formula is C10H22N2O3S. The summed E-state index contributed by atoms with van der Waals surface area (Å²) in [6.45, 7) is 4.04. The third kappa shape index (κ3) is 2.74. The monoisotopic (exact) mass is 250 g/mol. The molecule has 0 radical (unpaired) electrons. The van der Waals surface area contributed by atoms with Gasteiger partial charge in [-0.3, -0.25) is 0 Å². The number of sulfonamides is 1. The Morgan fingerprint density at radius 2 is 1.94 bits per heavy atom. The quantitative estimate of drug-likeness (QED) is 0.748. The number of rotatable bonds is 3. The lowest BCUT2D eigenvalue weighted by atomic mass is 10.0. The van der Waals surface area contributed by atoms with Crippen LogP contribution in [0.4, 0.5) is 0 Å². The number of hydrogen-bond donors (Lipinski definition) is 1. The van der Waals surface area contributed by atoms with E-state index in [1.807, 2.05) is 19.0 Å². The van der Waals surface area contributed by atoms with Crippen LogP contribution in [0.2, 0.25) is 0 Å². The maximum absolute atomic E-state index is 11.9. The van der Waals surface area contributed by atoms with Gasteiger partial charge in [-0.05, 0) is 34.4 Å². The molecule has 1 heterocycles. The van der Waals surface area contributed by atoms with Gasteiger partial charge in [0, 0.05) is 19.1 Å². The summed E-state index contributed by atoms with van der Waals surface area (Å²) in [7, 11) is 0.579. The Kier molecular flexibility index (Phi) is 4.34. The second kappa shape index (κ2) is 5.00. The number of aliphatic hydroxyl groups is 1. The molecular weight excluding hydrogens is 228 g/mol. The van der Waals surface area contributed by atoms with E-state index in [9.17, 15) is 13.5 Å². The van der Waals surface area contributed by atoms with Crippen LogP contribution in [0.1, 0.15) is 20.3 Å². The molecule has 0 aliphatic carbocycles. The third-order valence-corrected chi connectivity index (χ3v) is 5.37. The largest absolute Gasteiger partial charge is 0.390 e. The van der Waals surface area contributed by atoms with Crippen molar-refractivity contribution in [1.82, 2.24) is 9.21 Å². The lowest BCUT2D eigenvalue weighted by Gasteiger charge is -2.38. The van der Waals surface area contributed by atoms with Crippen LogP contribution >= 0.6 is 0 Å². The van der Waals surface area contributed by atoms with Crippen LogP contribution in [0, 0.1) is 0 Å². The van der Waals surface area contributed by atoms with Crippen LogP contribution in [0.15, 0.2) is 0 Å². The molecule has 2 atom stereocenters. The second-order valence-corrected chi connectivity index (χ2v) is 7.33. The summed E-state index contributed by atoms with van der Waals surface area (Å²) >= 11 is 0. The smallest absolute Gasteiger partial charge is 0.216 e.